The van der Waals surface area contributed by atoms with Crippen LogP contribution in [-0.2, 0) is 16.0 Å². The van der Waals surface area contributed by atoms with Gasteiger partial charge in [0.1, 0.15) is 0 Å². The molecule has 3 N–H and O–H groups in total. The van der Waals surface area contributed by atoms with E-state index in [1.807, 2.05) is 5.38 Å². The Hall–Kier alpha value is -1.96. The van der Waals surface area contributed by atoms with Gasteiger partial charge in [0.15, 0.2) is 5.01 Å². The van der Waals surface area contributed by atoms with Crippen LogP contribution in [0.2, 0.25) is 0 Å². The number of carbonyl (C=O) groups excluding carboxylic acids is 2. The first kappa shape index (κ1) is 17.4. The fourth-order valence-corrected chi connectivity index (χ4v) is 2.92. The third-order valence-corrected chi connectivity index (χ3v) is 4.86. The van der Waals surface area contributed by atoms with E-state index in [9.17, 15) is 14.4 Å². The number of rotatable bonds is 6. The predicted molar refractivity (Wildman–Crippen MR) is 84.8 cm³/mol. The van der Waals surface area contributed by atoms with Gasteiger partial charge in [-0.25, -0.2) is 4.98 Å². The molecule has 1 aliphatic rings. The Morgan fingerprint density at radius 1 is 1.35 bits per heavy atom. The van der Waals surface area contributed by atoms with Crippen molar-refractivity contribution in [1.82, 2.24) is 15.8 Å². The van der Waals surface area contributed by atoms with Crippen molar-refractivity contribution < 1.29 is 19.5 Å². The van der Waals surface area contributed by atoms with Crippen LogP contribution in [0.15, 0.2) is 5.38 Å². The summed E-state index contributed by atoms with van der Waals surface area (Å²) in [5.74, 6) is -1.45. The first-order valence-electron chi connectivity index (χ1n) is 7.55. The van der Waals surface area contributed by atoms with E-state index in [0.717, 1.165) is 12.1 Å². The van der Waals surface area contributed by atoms with Crippen molar-refractivity contribution in [2.75, 3.05) is 0 Å². The molecule has 0 aliphatic heterocycles. The molecule has 0 unspecified atom stereocenters. The van der Waals surface area contributed by atoms with Gasteiger partial charge in [0.05, 0.1) is 11.1 Å². The summed E-state index contributed by atoms with van der Waals surface area (Å²) in [6, 6.07) is 0. The average molecular weight is 339 g/mol. The number of nitrogens with one attached hydrogen (secondary N) is 2. The van der Waals surface area contributed by atoms with Crippen molar-refractivity contribution in [3.05, 3.63) is 16.1 Å². The number of aromatic nitrogens is 1. The summed E-state index contributed by atoms with van der Waals surface area (Å²) in [5, 5.41) is 11.1. The molecule has 0 aromatic carbocycles. The first-order valence-corrected chi connectivity index (χ1v) is 8.43. The molecule has 0 atom stereocenters. The second-order valence-electron chi connectivity index (χ2n) is 6.51. The maximum Gasteiger partial charge on any atom is 0.309 e. The van der Waals surface area contributed by atoms with E-state index in [0.29, 0.717) is 5.92 Å². The van der Waals surface area contributed by atoms with E-state index in [1.165, 1.54) is 44.4 Å². The van der Waals surface area contributed by atoms with Gasteiger partial charge in [-0.2, -0.15) is 0 Å². The second-order valence-corrected chi connectivity index (χ2v) is 7.37. The minimum absolute atomic E-state index is 0.229. The molecule has 126 valence electrons. The monoisotopic (exact) mass is 339 g/mol. The smallest absolute Gasteiger partial charge is 0.309 e. The highest BCUT2D eigenvalue weighted by atomic mass is 32.1. The van der Waals surface area contributed by atoms with Crippen LogP contribution in [0.1, 0.15) is 55.0 Å². The number of thiazole rings is 1. The summed E-state index contributed by atoms with van der Waals surface area (Å²) in [6.45, 7) is 2.90. The van der Waals surface area contributed by atoms with Gasteiger partial charge < -0.3 is 5.11 Å². The summed E-state index contributed by atoms with van der Waals surface area (Å²) < 4.78 is 0. The maximum absolute atomic E-state index is 11.9. The zero-order chi connectivity index (χ0) is 17.0. The average Bonchev–Trinajstić information content (AvgIpc) is 2.88. The molecule has 0 saturated heterocycles. The van der Waals surface area contributed by atoms with Gasteiger partial charge in [-0.05, 0) is 26.2 Å². The predicted octanol–water partition coefficient (Wildman–Crippen LogP) is 1.75. The normalized spacial score (nSPS) is 14.9. The zero-order valence-electron chi connectivity index (χ0n) is 13.2. The third-order valence-electron chi connectivity index (χ3n) is 3.97. The largest absolute Gasteiger partial charge is 0.481 e. The molecule has 0 spiro atoms. The number of carboxylic acid groups (broad SMARTS) is 1. The minimum Gasteiger partial charge on any atom is -0.481 e. The Morgan fingerprint density at radius 3 is 2.61 bits per heavy atom. The lowest BCUT2D eigenvalue weighted by Gasteiger charge is -2.24. The van der Waals surface area contributed by atoms with Crippen molar-refractivity contribution in [1.29, 1.82) is 0 Å². The van der Waals surface area contributed by atoms with Crippen molar-refractivity contribution >= 4 is 29.1 Å². The van der Waals surface area contributed by atoms with Crippen molar-refractivity contribution in [3.8, 4) is 0 Å². The van der Waals surface area contributed by atoms with Crippen LogP contribution < -0.4 is 10.9 Å². The highest BCUT2D eigenvalue weighted by molar-refractivity contribution is 7.11. The Kier molecular flexibility index (Phi) is 5.35. The minimum atomic E-state index is -1.19. The highest BCUT2D eigenvalue weighted by Crippen LogP contribution is 2.30. The molecular weight excluding hydrogens is 318 g/mol. The number of carboxylic acids is 1. The second kappa shape index (κ2) is 7.08. The van der Waals surface area contributed by atoms with Gasteiger partial charge in [-0.3, -0.25) is 25.2 Å². The summed E-state index contributed by atoms with van der Waals surface area (Å²) in [5.41, 5.74) is 4.22. The fraction of sp³-hybridized carbons (Fsp3) is 0.600. The molecule has 0 radical (unpaired) electrons. The Balaban J connectivity index is 1.80. The van der Waals surface area contributed by atoms with Crippen LogP contribution in [-0.4, -0.2) is 27.9 Å². The van der Waals surface area contributed by atoms with Gasteiger partial charge >= 0.3 is 5.97 Å². The molecule has 2 amide bonds. The number of hydrogen-bond donors (Lipinski definition) is 3. The summed E-state index contributed by atoms with van der Waals surface area (Å²) in [7, 11) is 0. The zero-order valence-corrected chi connectivity index (χ0v) is 14.0. The van der Waals surface area contributed by atoms with E-state index in [-0.39, 0.29) is 11.4 Å². The lowest BCUT2D eigenvalue weighted by Crippen LogP contribution is -2.44. The standard InChI is InChI=1S/C15H21N3O4S/c1-15(2,14(21)22)7-11(19)17-18-12(20)13-16-10(8-23-13)6-9-4-3-5-9/h8-9H,3-7H2,1-2H3,(H,17,19)(H,18,20)(H,21,22). The van der Waals surface area contributed by atoms with Crippen LogP contribution in [0.4, 0.5) is 0 Å². The van der Waals surface area contributed by atoms with Crippen LogP contribution in [0.5, 0.6) is 0 Å². The van der Waals surface area contributed by atoms with Crippen LogP contribution >= 0.6 is 11.3 Å². The number of aliphatic carboxylic acids is 1. The molecule has 1 heterocycles. The maximum atomic E-state index is 11.9. The molecule has 1 saturated carbocycles. The lowest BCUT2D eigenvalue weighted by molar-refractivity contribution is -0.149. The molecule has 23 heavy (non-hydrogen) atoms. The third kappa shape index (κ3) is 4.75. The van der Waals surface area contributed by atoms with Crippen LogP contribution in [0, 0.1) is 11.3 Å². The van der Waals surface area contributed by atoms with Gasteiger partial charge in [0.25, 0.3) is 5.91 Å². The van der Waals surface area contributed by atoms with E-state index in [2.05, 4.69) is 15.8 Å². The molecule has 0 bridgehead atoms. The summed E-state index contributed by atoms with van der Waals surface area (Å²) >= 11 is 1.24. The van der Waals surface area contributed by atoms with Gasteiger partial charge in [-0.15, -0.1) is 11.3 Å². The topological polar surface area (TPSA) is 108 Å². The van der Waals surface area contributed by atoms with Crippen molar-refractivity contribution in [3.63, 3.8) is 0 Å². The SMILES string of the molecule is CC(C)(CC(=O)NNC(=O)c1nc(CC2CCC2)cs1)C(=O)O. The van der Waals surface area contributed by atoms with E-state index >= 15 is 0 Å². The number of amides is 2. The number of hydrogen-bond acceptors (Lipinski definition) is 5. The molecule has 8 heteroatoms. The molecule has 1 aromatic rings. The van der Waals surface area contributed by atoms with Crippen LogP contribution in [0.25, 0.3) is 0 Å². The number of carbonyl (C=O) groups is 3. The lowest BCUT2D eigenvalue weighted by atomic mass is 9.82. The highest BCUT2D eigenvalue weighted by Gasteiger charge is 2.30. The molecule has 1 aromatic heterocycles. The van der Waals surface area contributed by atoms with Gasteiger partial charge in [-0.1, -0.05) is 19.3 Å². The van der Waals surface area contributed by atoms with Gasteiger partial charge in [0.2, 0.25) is 5.91 Å². The van der Waals surface area contributed by atoms with E-state index in [1.54, 1.807) is 0 Å². The first-order chi connectivity index (χ1) is 10.8. The van der Waals surface area contributed by atoms with E-state index in [4.69, 9.17) is 5.11 Å². The van der Waals surface area contributed by atoms with Crippen molar-refractivity contribution in [2.45, 2.75) is 46.0 Å². The molecule has 1 aliphatic carbocycles. The number of nitrogens with zero attached hydrogens (tertiary/aromatic N) is 1. The molecule has 1 fully saturated rings. The number of hydrazine groups is 1. The Morgan fingerprint density at radius 2 is 2.04 bits per heavy atom. The van der Waals surface area contributed by atoms with Crippen LogP contribution in [0.3, 0.4) is 0 Å². The quantitative estimate of drug-likeness (QED) is 0.684. The Bertz CT molecular complexity index is 608. The fourth-order valence-electron chi connectivity index (χ4n) is 2.20. The molecular formula is C15H21N3O4S. The molecule has 2 rings (SSSR count). The molecule has 7 nitrogen and oxygen atoms in total. The summed E-state index contributed by atoms with van der Waals surface area (Å²) in [6.07, 6.45) is 4.36. The van der Waals surface area contributed by atoms with E-state index < -0.39 is 23.2 Å². The van der Waals surface area contributed by atoms with Gasteiger partial charge in [0, 0.05) is 11.8 Å². The summed E-state index contributed by atoms with van der Waals surface area (Å²) in [4.78, 5) is 38.9. The Labute approximate surface area is 138 Å². The van der Waals surface area contributed by atoms with Crippen molar-refractivity contribution in [2.24, 2.45) is 11.3 Å².